The summed E-state index contributed by atoms with van der Waals surface area (Å²) in [6.07, 6.45) is 0. The van der Waals surface area contributed by atoms with E-state index in [0.29, 0.717) is 11.7 Å². The molecule has 9 heavy (non-hydrogen) atoms. The molecule has 0 saturated heterocycles. The second-order valence-electron chi connectivity index (χ2n) is 1.36. The SMILES string of the molecule is CC.Cc1noc(C)n1. The Balaban J connectivity index is 0.000000291. The summed E-state index contributed by atoms with van der Waals surface area (Å²) in [5, 5.41) is 3.53. The largest absolute Gasteiger partial charge is 0.340 e. The molecule has 0 N–H and O–H groups in total. The number of hydrogen-bond donors (Lipinski definition) is 0. The van der Waals surface area contributed by atoms with Gasteiger partial charge in [0.1, 0.15) is 0 Å². The van der Waals surface area contributed by atoms with E-state index in [1.54, 1.807) is 13.8 Å². The molecule has 0 spiro atoms. The Labute approximate surface area is 55.1 Å². The lowest BCUT2D eigenvalue weighted by atomic mass is 10.7. The number of rotatable bonds is 0. The normalized spacial score (nSPS) is 8.00. The van der Waals surface area contributed by atoms with Gasteiger partial charge in [-0.1, -0.05) is 19.0 Å². The standard InChI is InChI=1S/C4H6N2O.C2H6/c1-3-5-4(2)7-6-3;1-2/h1-2H3;1-2H3. The minimum atomic E-state index is 0.623. The van der Waals surface area contributed by atoms with Gasteiger partial charge in [-0.15, -0.1) is 0 Å². The third-order valence-corrected chi connectivity index (χ3v) is 0.629. The molecule has 0 bridgehead atoms. The van der Waals surface area contributed by atoms with E-state index >= 15 is 0 Å². The maximum Gasteiger partial charge on any atom is 0.223 e. The Hall–Kier alpha value is -0.860. The average molecular weight is 128 g/mol. The van der Waals surface area contributed by atoms with Gasteiger partial charge in [0.25, 0.3) is 0 Å². The molecule has 0 aliphatic heterocycles. The molecule has 0 fully saturated rings. The zero-order valence-electron chi connectivity index (χ0n) is 6.30. The molecule has 0 aliphatic rings. The molecule has 0 saturated carbocycles. The average Bonchev–Trinajstić information content (AvgIpc) is 2.20. The molecule has 1 aromatic rings. The molecule has 0 aromatic carbocycles. The second kappa shape index (κ2) is 4.06. The van der Waals surface area contributed by atoms with Gasteiger partial charge in [0.15, 0.2) is 5.82 Å². The number of hydrogen-bond acceptors (Lipinski definition) is 3. The zero-order chi connectivity index (χ0) is 7.28. The molecule has 0 amide bonds. The minimum absolute atomic E-state index is 0.623. The van der Waals surface area contributed by atoms with E-state index in [9.17, 15) is 0 Å². The van der Waals surface area contributed by atoms with Crippen molar-refractivity contribution in [3.8, 4) is 0 Å². The Morgan fingerprint density at radius 3 is 1.89 bits per heavy atom. The van der Waals surface area contributed by atoms with E-state index < -0.39 is 0 Å². The van der Waals surface area contributed by atoms with Crippen LogP contribution in [0.15, 0.2) is 4.52 Å². The Bertz CT molecular complexity index is 143. The van der Waals surface area contributed by atoms with Crippen LogP contribution in [0.3, 0.4) is 0 Å². The van der Waals surface area contributed by atoms with Gasteiger partial charge in [0.05, 0.1) is 0 Å². The monoisotopic (exact) mass is 128 g/mol. The molecule has 0 aliphatic carbocycles. The first-order valence-corrected chi connectivity index (χ1v) is 3.06. The van der Waals surface area contributed by atoms with Crippen molar-refractivity contribution in [3.63, 3.8) is 0 Å². The first-order valence-electron chi connectivity index (χ1n) is 3.06. The third kappa shape index (κ3) is 2.85. The summed E-state index contributed by atoms with van der Waals surface area (Å²) >= 11 is 0. The number of aromatic nitrogens is 2. The Morgan fingerprint density at radius 2 is 1.78 bits per heavy atom. The van der Waals surface area contributed by atoms with Crippen LogP contribution in [0.1, 0.15) is 25.6 Å². The van der Waals surface area contributed by atoms with Crippen molar-refractivity contribution in [2.45, 2.75) is 27.7 Å². The second-order valence-corrected chi connectivity index (χ2v) is 1.36. The Morgan fingerprint density at radius 1 is 1.22 bits per heavy atom. The molecule has 1 heterocycles. The third-order valence-electron chi connectivity index (χ3n) is 0.629. The lowest BCUT2D eigenvalue weighted by molar-refractivity contribution is 0.389. The fourth-order valence-corrected chi connectivity index (χ4v) is 0.401. The van der Waals surface area contributed by atoms with Crippen molar-refractivity contribution in [1.29, 1.82) is 0 Å². The van der Waals surface area contributed by atoms with Gasteiger partial charge < -0.3 is 4.52 Å². The molecule has 3 heteroatoms. The van der Waals surface area contributed by atoms with Crippen molar-refractivity contribution in [2.24, 2.45) is 0 Å². The highest BCUT2D eigenvalue weighted by Crippen LogP contribution is 1.89. The lowest BCUT2D eigenvalue weighted by Crippen LogP contribution is -1.70. The summed E-state index contributed by atoms with van der Waals surface area (Å²) < 4.78 is 4.60. The van der Waals surface area contributed by atoms with Crippen LogP contribution in [0.5, 0.6) is 0 Å². The molecule has 0 unspecified atom stereocenters. The maximum atomic E-state index is 4.60. The highest BCUT2D eigenvalue weighted by atomic mass is 16.5. The van der Waals surface area contributed by atoms with E-state index in [-0.39, 0.29) is 0 Å². The minimum Gasteiger partial charge on any atom is -0.340 e. The first-order chi connectivity index (χ1) is 4.29. The molecule has 3 nitrogen and oxygen atoms in total. The van der Waals surface area contributed by atoms with Crippen LogP contribution in [-0.2, 0) is 0 Å². The van der Waals surface area contributed by atoms with Crippen LogP contribution in [0.2, 0.25) is 0 Å². The van der Waals surface area contributed by atoms with Gasteiger partial charge in [0.2, 0.25) is 5.89 Å². The van der Waals surface area contributed by atoms with Gasteiger partial charge in [0, 0.05) is 6.92 Å². The Kier molecular flexibility index (Phi) is 3.67. The fourth-order valence-electron chi connectivity index (χ4n) is 0.401. The van der Waals surface area contributed by atoms with Gasteiger partial charge in [-0.05, 0) is 6.92 Å². The van der Waals surface area contributed by atoms with Crippen LogP contribution in [0.25, 0.3) is 0 Å². The van der Waals surface area contributed by atoms with Crippen LogP contribution in [0.4, 0.5) is 0 Å². The van der Waals surface area contributed by atoms with Crippen molar-refractivity contribution in [1.82, 2.24) is 10.1 Å². The molecule has 52 valence electrons. The van der Waals surface area contributed by atoms with Crippen molar-refractivity contribution < 1.29 is 4.52 Å². The predicted octanol–water partition coefficient (Wildman–Crippen LogP) is 1.71. The maximum absolute atomic E-state index is 4.60. The molecule has 0 radical (unpaired) electrons. The van der Waals surface area contributed by atoms with E-state index in [1.165, 1.54) is 0 Å². The van der Waals surface area contributed by atoms with E-state index in [0.717, 1.165) is 0 Å². The summed E-state index contributed by atoms with van der Waals surface area (Å²) in [6, 6.07) is 0. The summed E-state index contributed by atoms with van der Waals surface area (Å²) in [5.41, 5.74) is 0. The van der Waals surface area contributed by atoms with Crippen molar-refractivity contribution in [2.75, 3.05) is 0 Å². The van der Waals surface area contributed by atoms with E-state index in [4.69, 9.17) is 0 Å². The molecular weight excluding hydrogens is 116 g/mol. The highest BCUT2D eigenvalue weighted by Gasteiger charge is 1.89. The van der Waals surface area contributed by atoms with Crippen molar-refractivity contribution in [3.05, 3.63) is 11.7 Å². The van der Waals surface area contributed by atoms with Crippen LogP contribution < -0.4 is 0 Å². The molecule has 1 rings (SSSR count). The molecule has 0 atom stereocenters. The number of nitrogens with zero attached hydrogens (tertiary/aromatic N) is 2. The quantitative estimate of drug-likeness (QED) is 0.534. The summed E-state index contributed by atoms with van der Waals surface area (Å²) in [5.74, 6) is 1.31. The van der Waals surface area contributed by atoms with Crippen LogP contribution >= 0.6 is 0 Å². The smallest absolute Gasteiger partial charge is 0.223 e. The molecular formula is C6H12N2O. The zero-order valence-corrected chi connectivity index (χ0v) is 6.30. The van der Waals surface area contributed by atoms with E-state index in [1.807, 2.05) is 13.8 Å². The fraction of sp³-hybridized carbons (Fsp3) is 0.667. The summed E-state index contributed by atoms with van der Waals surface area (Å²) in [4.78, 5) is 3.83. The van der Waals surface area contributed by atoms with Crippen LogP contribution in [0, 0.1) is 13.8 Å². The van der Waals surface area contributed by atoms with Gasteiger partial charge in [-0.2, -0.15) is 4.98 Å². The first kappa shape index (κ1) is 8.14. The van der Waals surface area contributed by atoms with Crippen molar-refractivity contribution >= 4 is 0 Å². The van der Waals surface area contributed by atoms with Gasteiger partial charge in [-0.3, -0.25) is 0 Å². The van der Waals surface area contributed by atoms with Gasteiger partial charge >= 0.3 is 0 Å². The molecule has 1 aromatic heterocycles. The number of aryl methyl sites for hydroxylation is 2. The summed E-state index contributed by atoms with van der Waals surface area (Å²) in [7, 11) is 0. The van der Waals surface area contributed by atoms with E-state index in [2.05, 4.69) is 14.7 Å². The van der Waals surface area contributed by atoms with Gasteiger partial charge in [-0.25, -0.2) is 0 Å². The summed E-state index contributed by atoms with van der Waals surface area (Å²) in [6.45, 7) is 7.55. The lowest BCUT2D eigenvalue weighted by Gasteiger charge is -1.64. The topological polar surface area (TPSA) is 38.9 Å². The predicted molar refractivity (Wildman–Crippen MR) is 35.1 cm³/mol. The van der Waals surface area contributed by atoms with Crippen LogP contribution in [-0.4, -0.2) is 10.1 Å². The highest BCUT2D eigenvalue weighted by molar-refractivity contribution is 4.77.